The molecule has 128 valence electrons. The molecule has 1 aliphatic rings. The Morgan fingerprint density at radius 1 is 1.42 bits per heavy atom. The number of likely N-dealkylation sites (tertiary alicyclic amines) is 1. The van der Waals surface area contributed by atoms with Crippen LogP contribution in [-0.4, -0.2) is 35.1 Å². The molecular formula is C18H23N3O2S. The molecule has 2 aromatic heterocycles. The Labute approximate surface area is 146 Å². The Bertz CT molecular complexity index is 625. The summed E-state index contributed by atoms with van der Waals surface area (Å²) in [5.41, 5.74) is 1.09. The third kappa shape index (κ3) is 4.55. The van der Waals surface area contributed by atoms with E-state index in [4.69, 9.17) is 4.74 Å². The van der Waals surface area contributed by atoms with Gasteiger partial charge in [0.1, 0.15) is 0 Å². The Morgan fingerprint density at radius 2 is 2.25 bits per heavy atom. The molecule has 2 amide bonds. The Balaban J connectivity index is 1.40. The summed E-state index contributed by atoms with van der Waals surface area (Å²) in [7, 11) is 0. The number of ether oxygens (including phenoxy) is 1. The van der Waals surface area contributed by atoms with E-state index in [1.165, 1.54) is 4.88 Å². The normalized spacial score (nSPS) is 16.8. The van der Waals surface area contributed by atoms with Gasteiger partial charge in [-0.25, -0.2) is 4.79 Å². The Hall–Kier alpha value is -1.92. The molecule has 1 atom stereocenters. The second-order valence-electron chi connectivity index (χ2n) is 6.05. The number of rotatable bonds is 5. The summed E-state index contributed by atoms with van der Waals surface area (Å²) in [6.07, 6.45) is 5.55. The smallest absolute Gasteiger partial charge is 0.317 e. The fraction of sp³-hybridized carbons (Fsp3) is 0.444. The van der Waals surface area contributed by atoms with Gasteiger partial charge in [-0.2, -0.15) is 0 Å². The van der Waals surface area contributed by atoms with Gasteiger partial charge in [0, 0.05) is 30.4 Å². The highest BCUT2D eigenvalue weighted by Gasteiger charge is 2.24. The van der Waals surface area contributed by atoms with Crippen molar-refractivity contribution in [3.8, 4) is 0 Å². The number of pyridine rings is 1. The molecule has 0 aliphatic carbocycles. The van der Waals surface area contributed by atoms with Crippen LogP contribution in [0.25, 0.3) is 0 Å². The maximum absolute atomic E-state index is 12.4. The van der Waals surface area contributed by atoms with Crippen molar-refractivity contribution < 1.29 is 9.53 Å². The summed E-state index contributed by atoms with van der Waals surface area (Å²) < 4.78 is 5.94. The minimum atomic E-state index is 0.0154. The van der Waals surface area contributed by atoms with Crippen molar-refractivity contribution in [1.29, 1.82) is 0 Å². The SMILES string of the molecule is C[C@@H](NC(=O)N1CCC(OCc2cccnc2)CC1)c1cccs1. The third-order valence-electron chi connectivity index (χ3n) is 4.25. The molecule has 3 rings (SSSR count). The van der Waals surface area contributed by atoms with Gasteiger partial charge in [-0.15, -0.1) is 11.3 Å². The molecule has 0 unspecified atom stereocenters. The van der Waals surface area contributed by atoms with E-state index in [0.717, 1.165) is 31.5 Å². The highest BCUT2D eigenvalue weighted by atomic mass is 32.1. The third-order valence-corrected chi connectivity index (χ3v) is 5.30. The van der Waals surface area contributed by atoms with E-state index in [1.807, 2.05) is 47.7 Å². The largest absolute Gasteiger partial charge is 0.373 e. The predicted octanol–water partition coefficient (Wildman–Crippen LogP) is 3.59. The summed E-state index contributed by atoms with van der Waals surface area (Å²) in [4.78, 5) is 19.5. The molecule has 6 heteroatoms. The number of amides is 2. The van der Waals surface area contributed by atoms with Crippen LogP contribution in [0.3, 0.4) is 0 Å². The quantitative estimate of drug-likeness (QED) is 0.901. The van der Waals surface area contributed by atoms with Crippen LogP contribution in [0, 0.1) is 0 Å². The molecule has 1 saturated heterocycles. The lowest BCUT2D eigenvalue weighted by Crippen LogP contribution is -2.46. The number of carbonyl (C=O) groups is 1. The molecule has 0 spiro atoms. The first-order valence-corrected chi connectivity index (χ1v) is 9.19. The van der Waals surface area contributed by atoms with Gasteiger partial charge < -0.3 is 15.0 Å². The minimum absolute atomic E-state index is 0.0154. The average molecular weight is 345 g/mol. The summed E-state index contributed by atoms with van der Waals surface area (Å²) >= 11 is 1.67. The molecule has 0 bridgehead atoms. The van der Waals surface area contributed by atoms with Gasteiger partial charge in [-0.1, -0.05) is 12.1 Å². The van der Waals surface area contributed by atoms with E-state index in [-0.39, 0.29) is 18.2 Å². The summed E-state index contributed by atoms with van der Waals surface area (Å²) in [5, 5.41) is 5.10. The van der Waals surface area contributed by atoms with Gasteiger partial charge in [-0.05, 0) is 42.8 Å². The first-order valence-electron chi connectivity index (χ1n) is 8.31. The highest BCUT2D eigenvalue weighted by molar-refractivity contribution is 7.10. The second kappa shape index (κ2) is 8.26. The maximum Gasteiger partial charge on any atom is 0.317 e. The molecule has 0 saturated carbocycles. The van der Waals surface area contributed by atoms with Gasteiger partial charge in [0.25, 0.3) is 0 Å². The van der Waals surface area contributed by atoms with Crippen LogP contribution < -0.4 is 5.32 Å². The maximum atomic E-state index is 12.4. The Kier molecular flexibility index (Phi) is 5.82. The number of nitrogens with zero attached hydrogens (tertiary/aromatic N) is 2. The minimum Gasteiger partial charge on any atom is -0.373 e. The average Bonchev–Trinajstić information content (AvgIpc) is 3.16. The molecule has 0 radical (unpaired) electrons. The van der Waals surface area contributed by atoms with Crippen LogP contribution in [-0.2, 0) is 11.3 Å². The monoisotopic (exact) mass is 345 g/mol. The zero-order valence-electron chi connectivity index (χ0n) is 13.9. The molecular weight excluding hydrogens is 322 g/mol. The van der Waals surface area contributed by atoms with Gasteiger partial charge in [0.2, 0.25) is 0 Å². The van der Waals surface area contributed by atoms with E-state index in [0.29, 0.717) is 6.61 Å². The van der Waals surface area contributed by atoms with Crippen molar-refractivity contribution in [3.05, 3.63) is 52.5 Å². The summed E-state index contributed by atoms with van der Waals surface area (Å²) in [6, 6.07) is 8.06. The lowest BCUT2D eigenvalue weighted by atomic mass is 10.1. The van der Waals surface area contributed by atoms with Crippen LogP contribution in [0.5, 0.6) is 0 Å². The molecule has 1 aliphatic heterocycles. The van der Waals surface area contributed by atoms with Crippen molar-refractivity contribution >= 4 is 17.4 Å². The van der Waals surface area contributed by atoms with Crippen molar-refractivity contribution in [2.75, 3.05) is 13.1 Å². The summed E-state index contributed by atoms with van der Waals surface area (Å²) in [5.74, 6) is 0. The molecule has 24 heavy (non-hydrogen) atoms. The zero-order valence-corrected chi connectivity index (χ0v) is 14.7. The highest BCUT2D eigenvalue weighted by Crippen LogP contribution is 2.20. The van der Waals surface area contributed by atoms with Crippen LogP contribution in [0.15, 0.2) is 42.0 Å². The second-order valence-corrected chi connectivity index (χ2v) is 7.02. The number of urea groups is 1. The molecule has 0 aromatic carbocycles. The number of nitrogens with one attached hydrogen (secondary N) is 1. The number of hydrogen-bond acceptors (Lipinski definition) is 4. The number of thiophene rings is 1. The van der Waals surface area contributed by atoms with Crippen molar-refractivity contribution in [3.63, 3.8) is 0 Å². The van der Waals surface area contributed by atoms with Crippen LogP contribution >= 0.6 is 11.3 Å². The van der Waals surface area contributed by atoms with E-state index in [1.54, 1.807) is 17.5 Å². The van der Waals surface area contributed by atoms with E-state index in [2.05, 4.69) is 10.3 Å². The fourth-order valence-corrected chi connectivity index (χ4v) is 3.54. The van der Waals surface area contributed by atoms with Crippen molar-refractivity contribution in [1.82, 2.24) is 15.2 Å². The first kappa shape index (κ1) is 16.9. The Morgan fingerprint density at radius 3 is 2.92 bits per heavy atom. The van der Waals surface area contributed by atoms with Gasteiger partial charge in [0.15, 0.2) is 0 Å². The van der Waals surface area contributed by atoms with Gasteiger partial charge in [0.05, 0.1) is 18.8 Å². The zero-order chi connectivity index (χ0) is 16.8. The van der Waals surface area contributed by atoms with Gasteiger partial charge in [-0.3, -0.25) is 4.98 Å². The number of aromatic nitrogens is 1. The molecule has 1 fully saturated rings. The lowest BCUT2D eigenvalue weighted by Gasteiger charge is -2.32. The first-order chi connectivity index (χ1) is 11.7. The van der Waals surface area contributed by atoms with Crippen LogP contribution in [0.4, 0.5) is 4.79 Å². The molecule has 3 heterocycles. The van der Waals surface area contributed by atoms with E-state index < -0.39 is 0 Å². The van der Waals surface area contributed by atoms with E-state index >= 15 is 0 Å². The fourth-order valence-electron chi connectivity index (χ4n) is 2.81. The van der Waals surface area contributed by atoms with Crippen molar-refractivity contribution in [2.45, 2.75) is 38.5 Å². The topological polar surface area (TPSA) is 54.5 Å². The lowest BCUT2D eigenvalue weighted by molar-refractivity contribution is 0.00422. The predicted molar refractivity (Wildman–Crippen MR) is 94.9 cm³/mol. The molecule has 5 nitrogen and oxygen atoms in total. The summed E-state index contributed by atoms with van der Waals surface area (Å²) in [6.45, 7) is 4.08. The number of piperidine rings is 1. The van der Waals surface area contributed by atoms with Crippen LogP contribution in [0.1, 0.15) is 36.2 Å². The standard InChI is InChI=1S/C18H23N3O2S/c1-14(17-5-3-11-24-17)20-18(22)21-9-6-16(7-10-21)23-13-15-4-2-8-19-12-15/h2-5,8,11-12,14,16H,6-7,9-10,13H2,1H3,(H,20,22)/t14-/m1/s1. The number of carbonyl (C=O) groups excluding carboxylic acids is 1. The van der Waals surface area contributed by atoms with Crippen molar-refractivity contribution in [2.24, 2.45) is 0 Å². The molecule has 2 aromatic rings. The molecule has 1 N–H and O–H groups in total. The van der Waals surface area contributed by atoms with Gasteiger partial charge >= 0.3 is 6.03 Å². The van der Waals surface area contributed by atoms with E-state index in [9.17, 15) is 4.79 Å². The number of hydrogen-bond donors (Lipinski definition) is 1. The van der Waals surface area contributed by atoms with Crippen LogP contribution in [0.2, 0.25) is 0 Å².